The zero-order valence-electron chi connectivity index (χ0n) is 41.6. The van der Waals surface area contributed by atoms with Crippen molar-refractivity contribution in [1.82, 2.24) is 47.5 Å². The molecule has 408 valence electrons. The van der Waals surface area contributed by atoms with Gasteiger partial charge in [0.05, 0.1) is 24.9 Å². The number of nitrogens with one attached hydrogen (secondary N) is 9. The number of aliphatic hydroxyl groups is 1. The Morgan fingerprint density at radius 3 is 2.07 bits per heavy atom. The number of aliphatic hydroxyl groups excluding tert-OH is 1. The van der Waals surface area contributed by atoms with Gasteiger partial charge in [-0.25, -0.2) is 0 Å². The molecular formula is C48H70N16O11. The van der Waals surface area contributed by atoms with Crippen LogP contribution < -0.4 is 71.2 Å². The lowest BCUT2D eigenvalue weighted by molar-refractivity contribution is -0.142. The number of carboxylic acids is 1. The Hall–Kier alpha value is -8.33. The van der Waals surface area contributed by atoms with Gasteiger partial charge in [0.2, 0.25) is 47.3 Å². The summed E-state index contributed by atoms with van der Waals surface area (Å²) in [5.74, 6) is -9.15. The van der Waals surface area contributed by atoms with Crippen molar-refractivity contribution in [3.63, 3.8) is 0 Å². The van der Waals surface area contributed by atoms with Crippen LogP contribution >= 0.6 is 0 Å². The lowest BCUT2D eigenvalue weighted by atomic mass is 10.0. The maximum absolute atomic E-state index is 14.6. The molecule has 1 aromatic heterocycles. The average molecular weight is 1050 g/mol. The van der Waals surface area contributed by atoms with Gasteiger partial charge in [-0.3, -0.25) is 58.5 Å². The maximum atomic E-state index is 14.6. The lowest BCUT2D eigenvalue weighted by Gasteiger charge is -2.31. The van der Waals surface area contributed by atoms with E-state index in [9.17, 15) is 53.4 Å². The molecule has 1 saturated heterocycles. The summed E-state index contributed by atoms with van der Waals surface area (Å²) in [6.07, 6.45) is -1.31. The van der Waals surface area contributed by atoms with Gasteiger partial charge in [-0.05, 0) is 68.6 Å². The Kier molecular flexibility index (Phi) is 23.7. The Bertz CT molecular complexity index is 2510. The number of H-pyrrole nitrogens is 1. The summed E-state index contributed by atoms with van der Waals surface area (Å²) in [7, 11) is 0. The molecule has 8 unspecified atom stereocenters. The molecule has 4 rings (SSSR count). The first-order valence-corrected chi connectivity index (χ1v) is 24.4. The number of guanidine groups is 2. The summed E-state index contributed by atoms with van der Waals surface area (Å²) >= 11 is 0. The van der Waals surface area contributed by atoms with Gasteiger partial charge >= 0.3 is 5.97 Å². The number of carbonyl (C=O) groups excluding carboxylic acids is 8. The molecular weight excluding hydrogens is 977 g/mol. The number of para-hydroxylation sites is 1. The predicted molar refractivity (Wildman–Crippen MR) is 275 cm³/mol. The predicted octanol–water partition coefficient (Wildman–Crippen LogP) is -4.08. The number of carboxylic acid groups (broad SMARTS) is 1. The molecule has 1 aliphatic heterocycles. The third-order valence-electron chi connectivity index (χ3n) is 12.0. The van der Waals surface area contributed by atoms with E-state index in [4.69, 9.17) is 28.7 Å². The third kappa shape index (κ3) is 20.6. The van der Waals surface area contributed by atoms with E-state index >= 15 is 0 Å². The van der Waals surface area contributed by atoms with Gasteiger partial charge in [0.15, 0.2) is 11.9 Å². The van der Waals surface area contributed by atoms with Crippen molar-refractivity contribution in [1.29, 1.82) is 0 Å². The molecule has 8 atom stereocenters. The van der Waals surface area contributed by atoms with Gasteiger partial charge in [0, 0.05) is 50.1 Å². The van der Waals surface area contributed by atoms with Crippen molar-refractivity contribution in [3.05, 3.63) is 71.9 Å². The molecule has 0 bridgehead atoms. The monoisotopic (exact) mass is 1050 g/mol. The highest BCUT2D eigenvalue weighted by Gasteiger charge is 2.36. The van der Waals surface area contributed by atoms with Crippen LogP contribution in [0.25, 0.3) is 10.9 Å². The molecule has 27 heteroatoms. The number of carbonyl (C=O) groups is 9. The van der Waals surface area contributed by atoms with Crippen LogP contribution in [-0.4, -0.2) is 148 Å². The van der Waals surface area contributed by atoms with E-state index in [2.05, 4.69) is 57.5 Å². The van der Waals surface area contributed by atoms with Gasteiger partial charge in [-0.2, -0.15) is 0 Å². The highest BCUT2D eigenvalue weighted by Crippen LogP contribution is 2.20. The number of benzene rings is 2. The van der Waals surface area contributed by atoms with Crippen LogP contribution in [0.15, 0.2) is 70.8 Å². The molecule has 27 nitrogen and oxygen atoms in total. The first-order chi connectivity index (χ1) is 35.7. The van der Waals surface area contributed by atoms with Crippen LogP contribution in [0.1, 0.15) is 75.8 Å². The molecule has 3 aromatic rings. The molecule has 75 heavy (non-hydrogen) atoms. The molecule has 2 aromatic carbocycles. The number of nitrogens with two attached hydrogens (primary N) is 5. The fraction of sp³-hybridized carbons (Fsp3) is 0.479. The average Bonchev–Trinajstić information content (AvgIpc) is 3.76. The second kappa shape index (κ2) is 30.0. The Morgan fingerprint density at radius 2 is 1.40 bits per heavy atom. The van der Waals surface area contributed by atoms with E-state index in [1.165, 1.54) is 0 Å². The summed E-state index contributed by atoms with van der Waals surface area (Å²) < 4.78 is 0. The van der Waals surface area contributed by atoms with Crippen LogP contribution in [0, 0.1) is 0 Å². The van der Waals surface area contributed by atoms with Crippen molar-refractivity contribution < 1.29 is 53.4 Å². The SMILES string of the molecule is CC(=O)NC(CCCN=C(N)N)C(=O)NC1CC(=O)NCCCCC(C(N)=O)NC(=O)C(Cc2c[nH]c3ccccc23)NC(O)C(CCCN=C(N)N)NC(=O)C(Cc2ccccc2)NC(=O)C(CC(=O)O)NC1=O. The molecule has 0 aliphatic carbocycles. The van der Waals surface area contributed by atoms with Gasteiger partial charge in [-0.15, -0.1) is 0 Å². The van der Waals surface area contributed by atoms with Gasteiger partial charge in [-0.1, -0.05) is 48.5 Å². The van der Waals surface area contributed by atoms with Crippen LogP contribution in [-0.2, 0) is 56.0 Å². The number of aromatic nitrogens is 1. The zero-order valence-corrected chi connectivity index (χ0v) is 41.6. The van der Waals surface area contributed by atoms with E-state index < -0.39 is 115 Å². The summed E-state index contributed by atoms with van der Waals surface area (Å²) in [6, 6.07) is 5.43. The van der Waals surface area contributed by atoms with Crippen molar-refractivity contribution in [3.8, 4) is 0 Å². The van der Waals surface area contributed by atoms with E-state index in [-0.39, 0.29) is 89.3 Å². The maximum Gasteiger partial charge on any atom is 0.305 e. The standard InChI is InChI=1S/C48H70N16O11/c1-26(65)58-32(16-9-19-55-47(50)51)41(70)63-36-23-38(66)54-18-8-7-15-31(40(49)69)59-44(73)35(22-28-25-57-30-14-6-5-13-29(28)30)62-42(71)33(17-10-20-56-48(52)53)60-43(72)34(21-27-11-3-2-4-12-27)61-46(75)37(24-39(67)68)64-45(36)74/h2-6,11-14,25,31-37,42,57,62,71H,7-10,15-24H2,1H3,(H2,49,69)(H,54,66)(H,58,65)(H,59,73)(H,60,72)(H,61,75)(H,63,70)(H,64,74)(H,67,68)(H4,50,51,55)(H4,52,53,56). The van der Waals surface area contributed by atoms with Gasteiger partial charge in [0.1, 0.15) is 36.4 Å². The van der Waals surface area contributed by atoms with E-state index in [1.807, 2.05) is 18.2 Å². The number of aliphatic carboxylic acids is 1. The van der Waals surface area contributed by atoms with E-state index in [0.29, 0.717) is 11.1 Å². The van der Waals surface area contributed by atoms with Crippen LogP contribution in [0.4, 0.5) is 0 Å². The van der Waals surface area contributed by atoms with E-state index in [1.54, 1.807) is 42.6 Å². The molecule has 1 aliphatic rings. The Morgan fingerprint density at radius 1 is 0.760 bits per heavy atom. The normalized spacial score (nSPS) is 22.1. The second-order valence-corrected chi connectivity index (χ2v) is 18.0. The van der Waals surface area contributed by atoms with Crippen molar-refractivity contribution in [2.24, 2.45) is 38.7 Å². The minimum atomic E-state index is -1.92. The number of amides is 8. The summed E-state index contributed by atoms with van der Waals surface area (Å²) in [4.78, 5) is 133. The summed E-state index contributed by atoms with van der Waals surface area (Å²) in [5.41, 5.74) is 29.7. The largest absolute Gasteiger partial charge is 0.481 e. The highest BCUT2D eigenvalue weighted by atomic mass is 16.4. The molecule has 1 fully saturated rings. The minimum absolute atomic E-state index is 0.00633. The summed E-state index contributed by atoms with van der Waals surface area (Å²) in [6.45, 7) is 1.25. The fourth-order valence-electron chi connectivity index (χ4n) is 8.19. The summed E-state index contributed by atoms with van der Waals surface area (Å²) in [5, 5.41) is 43.5. The number of primary amides is 1. The molecule has 0 spiro atoms. The van der Waals surface area contributed by atoms with Crippen molar-refractivity contribution in [2.45, 2.75) is 126 Å². The molecule has 0 radical (unpaired) electrons. The minimum Gasteiger partial charge on any atom is -0.481 e. The topological polar surface area (TPSA) is 461 Å². The number of aromatic amines is 1. The first-order valence-electron chi connectivity index (χ1n) is 24.4. The number of nitrogens with zero attached hydrogens (tertiary/aromatic N) is 2. The van der Waals surface area contributed by atoms with E-state index in [0.717, 1.165) is 17.8 Å². The highest BCUT2D eigenvalue weighted by molar-refractivity contribution is 5.98. The van der Waals surface area contributed by atoms with Gasteiger partial charge < -0.3 is 81.1 Å². The van der Waals surface area contributed by atoms with Crippen LogP contribution in [0.3, 0.4) is 0 Å². The molecule has 21 N–H and O–H groups in total. The fourth-order valence-corrected chi connectivity index (χ4v) is 8.19. The van der Waals surface area contributed by atoms with Crippen molar-refractivity contribution >= 4 is 76.0 Å². The van der Waals surface area contributed by atoms with Gasteiger partial charge in [0.25, 0.3) is 0 Å². The first kappa shape index (κ1) is 59.2. The Labute approximate surface area is 432 Å². The number of aliphatic imine (C=N–C) groups is 2. The molecule has 8 amide bonds. The van der Waals surface area contributed by atoms with Crippen LogP contribution in [0.2, 0.25) is 0 Å². The number of fused-ring (bicyclic) bond motifs is 1. The number of hydrogen-bond acceptors (Lipinski definition) is 13. The quantitative estimate of drug-likeness (QED) is 0.0327. The van der Waals surface area contributed by atoms with Crippen LogP contribution in [0.5, 0.6) is 0 Å². The number of hydrogen-bond donors (Lipinski definition) is 16. The molecule has 0 saturated carbocycles. The molecule has 2 heterocycles. The smallest absolute Gasteiger partial charge is 0.305 e. The zero-order chi connectivity index (χ0) is 55.0. The number of rotatable bonds is 18. The van der Waals surface area contributed by atoms with Crippen molar-refractivity contribution in [2.75, 3.05) is 19.6 Å². The second-order valence-electron chi connectivity index (χ2n) is 18.0. The third-order valence-corrected chi connectivity index (χ3v) is 12.0. The lowest BCUT2D eigenvalue weighted by Crippen LogP contribution is -2.61. The Balaban J connectivity index is 1.77.